The summed E-state index contributed by atoms with van der Waals surface area (Å²) in [6.07, 6.45) is -1.21. The van der Waals surface area contributed by atoms with E-state index in [1.165, 1.54) is 12.1 Å². The molecule has 0 saturated carbocycles. The van der Waals surface area contributed by atoms with Crippen molar-refractivity contribution in [2.24, 2.45) is 0 Å². The van der Waals surface area contributed by atoms with E-state index in [-0.39, 0.29) is 5.56 Å². The molecule has 7 nitrogen and oxygen atoms in total. The van der Waals surface area contributed by atoms with Gasteiger partial charge in [-0.1, -0.05) is 30.3 Å². The predicted molar refractivity (Wildman–Crippen MR) is 110 cm³/mol. The molecule has 3 rings (SSSR count). The Morgan fingerprint density at radius 1 is 0.833 bits per heavy atom. The van der Waals surface area contributed by atoms with Crippen LogP contribution in [-0.2, 0) is 9.53 Å². The molecule has 0 aliphatic heterocycles. The second-order valence-corrected chi connectivity index (χ2v) is 6.49. The van der Waals surface area contributed by atoms with Crippen molar-refractivity contribution < 1.29 is 34.0 Å². The molecule has 3 aromatic carbocycles. The third-order valence-electron chi connectivity index (χ3n) is 4.26. The van der Waals surface area contributed by atoms with Gasteiger partial charge in [0.25, 0.3) is 5.78 Å². The van der Waals surface area contributed by atoms with Gasteiger partial charge in [-0.3, -0.25) is 4.79 Å². The van der Waals surface area contributed by atoms with Crippen LogP contribution in [0.4, 0.5) is 0 Å². The van der Waals surface area contributed by atoms with E-state index in [2.05, 4.69) is 4.74 Å². The second-order valence-electron chi connectivity index (χ2n) is 6.49. The number of aliphatic hydroxyl groups is 2. The molecule has 1 unspecified atom stereocenters. The van der Waals surface area contributed by atoms with E-state index >= 15 is 0 Å². The molecule has 0 saturated heterocycles. The molecule has 156 valence electrons. The summed E-state index contributed by atoms with van der Waals surface area (Å²) in [5, 5.41) is 20.1. The molecule has 3 aromatic rings. The second kappa shape index (κ2) is 10.4. The maximum atomic E-state index is 12.0. The summed E-state index contributed by atoms with van der Waals surface area (Å²) < 4.78 is 15.9. The largest absolute Gasteiger partial charge is 0.490 e. The van der Waals surface area contributed by atoms with Crippen molar-refractivity contribution in [3.05, 3.63) is 72.3 Å². The average Bonchev–Trinajstić information content (AvgIpc) is 2.79. The first-order chi connectivity index (χ1) is 14.6. The molecule has 0 bridgehead atoms. The number of rotatable bonds is 10. The summed E-state index contributed by atoms with van der Waals surface area (Å²) in [7, 11) is 0. The minimum absolute atomic E-state index is 0.137. The Labute approximate surface area is 173 Å². The lowest BCUT2D eigenvalue weighted by Gasteiger charge is -2.10. The molecule has 0 amide bonds. The number of ketones is 1. The molecule has 0 spiro atoms. The number of benzene rings is 3. The first-order valence-corrected chi connectivity index (χ1v) is 9.41. The molecule has 30 heavy (non-hydrogen) atoms. The number of aliphatic hydroxyl groups excluding tert-OH is 2. The molecule has 0 heterocycles. The fraction of sp³-hybridized carbons (Fsp3) is 0.217. The Hall–Kier alpha value is -3.42. The van der Waals surface area contributed by atoms with Crippen LogP contribution < -0.4 is 9.47 Å². The summed E-state index contributed by atoms with van der Waals surface area (Å²) in [4.78, 5) is 23.7. The third-order valence-corrected chi connectivity index (χ3v) is 4.26. The predicted octanol–water partition coefficient (Wildman–Crippen LogP) is 2.38. The van der Waals surface area contributed by atoms with Crippen molar-refractivity contribution >= 4 is 22.5 Å². The first kappa shape index (κ1) is 21.3. The van der Waals surface area contributed by atoms with Crippen LogP contribution >= 0.6 is 0 Å². The van der Waals surface area contributed by atoms with Crippen LogP contribution in [0.25, 0.3) is 10.8 Å². The highest BCUT2D eigenvalue weighted by Gasteiger charge is 2.19. The van der Waals surface area contributed by atoms with Gasteiger partial charge >= 0.3 is 5.97 Å². The Morgan fingerprint density at radius 3 is 2.17 bits per heavy atom. The zero-order chi connectivity index (χ0) is 21.3. The van der Waals surface area contributed by atoms with Crippen LogP contribution in [0.3, 0.4) is 0 Å². The summed E-state index contributed by atoms with van der Waals surface area (Å²) >= 11 is 0. The summed E-state index contributed by atoms with van der Waals surface area (Å²) in [5.41, 5.74) is 0.137. The minimum Gasteiger partial charge on any atom is -0.490 e. The molecule has 0 aliphatic carbocycles. The van der Waals surface area contributed by atoms with Gasteiger partial charge in [-0.25, -0.2) is 4.79 Å². The van der Waals surface area contributed by atoms with E-state index in [0.29, 0.717) is 19.0 Å². The Morgan fingerprint density at radius 2 is 1.47 bits per heavy atom. The smallest absolute Gasteiger partial charge is 0.379 e. The van der Waals surface area contributed by atoms with Crippen molar-refractivity contribution in [2.45, 2.75) is 6.10 Å². The first-order valence-electron chi connectivity index (χ1n) is 9.41. The van der Waals surface area contributed by atoms with Gasteiger partial charge in [-0.15, -0.1) is 0 Å². The number of hydrogen-bond acceptors (Lipinski definition) is 7. The number of carbonyl (C=O) groups excluding carboxylic acids is 2. The maximum absolute atomic E-state index is 12.0. The van der Waals surface area contributed by atoms with Crippen molar-refractivity contribution in [3.8, 4) is 11.5 Å². The zero-order valence-corrected chi connectivity index (χ0v) is 16.2. The molecule has 0 radical (unpaired) electrons. The van der Waals surface area contributed by atoms with Gasteiger partial charge in [0.05, 0.1) is 6.61 Å². The lowest BCUT2D eigenvalue weighted by Crippen LogP contribution is -2.25. The summed E-state index contributed by atoms with van der Waals surface area (Å²) in [6, 6.07) is 19.9. The monoisotopic (exact) mass is 410 g/mol. The van der Waals surface area contributed by atoms with Crippen LogP contribution in [0.2, 0.25) is 0 Å². The Bertz CT molecular complexity index is 998. The van der Waals surface area contributed by atoms with Gasteiger partial charge in [0.2, 0.25) is 0 Å². The number of carbonyl (C=O) groups is 2. The zero-order valence-electron chi connectivity index (χ0n) is 16.2. The fourth-order valence-corrected chi connectivity index (χ4v) is 2.69. The topological polar surface area (TPSA) is 102 Å². The van der Waals surface area contributed by atoms with Crippen LogP contribution in [0, 0.1) is 0 Å². The summed E-state index contributed by atoms with van der Waals surface area (Å²) in [6.45, 7) is -0.350. The molecular formula is C23H22O7. The van der Waals surface area contributed by atoms with E-state index in [1.807, 2.05) is 42.5 Å². The standard InChI is InChI=1S/C23H22O7/c24-14-19(25)15-30-23(27)22(26)17-6-8-20(9-7-17)28-11-12-29-21-10-5-16-3-1-2-4-18(16)13-21/h1-10,13,19,24-25H,11-12,14-15H2. The third kappa shape index (κ3) is 5.79. The molecule has 7 heteroatoms. The van der Waals surface area contributed by atoms with Crippen molar-refractivity contribution in [1.82, 2.24) is 0 Å². The molecular weight excluding hydrogens is 388 g/mol. The number of fused-ring (bicyclic) bond motifs is 1. The maximum Gasteiger partial charge on any atom is 0.379 e. The quantitative estimate of drug-likeness (QED) is 0.229. The highest BCUT2D eigenvalue weighted by molar-refractivity contribution is 6.40. The SMILES string of the molecule is O=C(OCC(O)CO)C(=O)c1ccc(OCCOc2ccc3ccccc3c2)cc1. The fourth-order valence-electron chi connectivity index (χ4n) is 2.69. The van der Waals surface area contributed by atoms with E-state index in [4.69, 9.17) is 19.7 Å². The highest BCUT2D eigenvalue weighted by Crippen LogP contribution is 2.20. The number of ether oxygens (including phenoxy) is 3. The molecule has 0 aromatic heterocycles. The number of hydrogen-bond donors (Lipinski definition) is 2. The number of esters is 1. The highest BCUT2D eigenvalue weighted by atomic mass is 16.5. The van der Waals surface area contributed by atoms with Gasteiger partial charge in [0.15, 0.2) is 0 Å². The van der Waals surface area contributed by atoms with Gasteiger partial charge in [0.1, 0.15) is 37.4 Å². The normalized spacial score (nSPS) is 11.7. The van der Waals surface area contributed by atoms with Gasteiger partial charge in [0, 0.05) is 5.56 Å². The van der Waals surface area contributed by atoms with Gasteiger partial charge in [-0.05, 0) is 47.2 Å². The van der Waals surface area contributed by atoms with E-state index in [0.717, 1.165) is 16.5 Å². The molecule has 0 fully saturated rings. The lowest BCUT2D eigenvalue weighted by atomic mass is 10.1. The van der Waals surface area contributed by atoms with Crippen molar-refractivity contribution in [1.29, 1.82) is 0 Å². The Kier molecular flexibility index (Phi) is 7.37. The van der Waals surface area contributed by atoms with Crippen LogP contribution in [-0.4, -0.2) is 54.5 Å². The summed E-state index contributed by atoms with van der Waals surface area (Å²) in [5.74, 6) is -0.660. The average molecular weight is 410 g/mol. The van der Waals surface area contributed by atoms with Gasteiger partial charge in [-0.2, -0.15) is 0 Å². The molecule has 2 N–H and O–H groups in total. The number of Topliss-reactive ketones (excluding diaryl/α,β-unsaturated/α-hetero) is 1. The van der Waals surface area contributed by atoms with Crippen LogP contribution in [0.5, 0.6) is 11.5 Å². The van der Waals surface area contributed by atoms with Crippen LogP contribution in [0.15, 0.2) is 66.7 Å². The minimum atomic E-state index is -1.21. The van der Waals surface area contributed by atoms with Crippen LogP contribution in [0.1, 0.15) is 10.4 Å². The van der Waals surface area contributed by atoms with Crippen molar-refractivity contribution in [3.63, 3.8) is 0 Å². The van der Waals surface area contributed by atoms with Gasteiger partial charge < -0.3 is 24.4 Å². The van der Waals surface area contributed by atoms with Crippen molar-refractivity contribution in [2.75, 3.05) is 26.4 Å². The molecule has 1 atom stereocenters. The van der Waals surface area contributed by atoms with E-state index < -0.39 is 31.1 Å². The molecule has 0 aliphatic rings. The van der Waals surface area contributed by atoms with E-state index in [1.54, 1.807) is 12.1 Å². The van der Waals surface area contributed by atoms with E-state index in [9.17, 15) is 9.59 Å². The Balaban J connectivity index is 1.44. The lowest BCUT2D eigenvalue weighted by molar-refractivity contribution is -0.141.